The quantitative estimate of drug-likeness (QED) is 0.597. The van der Waals surface area contributed by atoms with Gasteiger partial charge in [0.25, 0.3) is 0 Å². The Morgan fingerprint density at radius 2 is 2.15 bits per heavy atom. The normalized spacial score (nSPS) is 10.5. The van der Waals surface area contributed by atoms with Crippen molar-refractivity contribution in [3.63, 3.8) is 0 Å². The molecular weight excluding hydrogens is 319 g/mol. The van der Waals surface area contributed by atoms with Crippen molar-refractivity contribution < 1.29 is 28.4 Å². The first-order valence-corrected chi connectivity index (χ1v) is 7.50. The number of nitrogens with one attached hydrogen (secondary N) is 1. The van der Waals surface area contributed by atoms with Crippen LogP contribution in [-0.4, -0.2) is 19.6 Å². The molecule has 0 bridgehead atoms. The molecule has 0 aromatic heterocycles. The second kappa shape index (κ2) is 11.3. The summed E-state index contributed by atoms with van der Waals surface area (Å²) in [5, 5.41) is 12.1. The summed E-state index contributed by atoms with van der Waals surface area (Å²) >= 11 is 0. The van der Waals surface area contributed by atoms with E-state index in [0.29, 0.717) is 12.2 Å². The molecule has 0 fully saturated rings. The fourth-order valence-corrected chi connectivity index (χ4v) is 2.46. The van der Waals surface area contributed by atoms with E-state index in [2.05, 4.69) is 34.8 Å². The maximum Gasteiger partial charge on any atom is 1.00 e. The number of rotatable bonds is 7. The first kappa shape index (κ1) is 23.7. The SMILES string of the molecule is C=C(C)c1cc(C[C@@H](C#N)NC)ccc1-c1c[c-]c(O[C-]=O)cc1.[CH3-].[Li+]. The largest absolute Gasteiger partial charge is 1.00 e. The molecule has 26 heavy (non-hydrogen) atoms. The smallest absolute Gasteiger partial charge is 0.634 e. The molecule has 0 heterocycles. The fourth-order valence-electron chi connectivity index (χ4n) is 2.46. The minimum Gasteiger partial charge on any atom is -0.634 e. The van der Waals surface area contributed by atoms with Gasteiger partial charge in [-0.3, -0.25) is 0 Å². The molecule has 0 aliphatic heterocycles. The predicted molar refractivity (Wildman–Crippen MR) is 100 cm³/mol. The van der Waals surface area contributed by atoms with Crippen molar-refractivity contribution in [1.29, 1.82) is 5.26 Å². The molecule has 0 saturated carbocycles. The van der Waals surface area contributed by atoms with E-state index in [4.69, 9.17) is 5.26 Å². The molecule has 0 aliphatic carbocycles. The Bertz CT molecular complexity index is 780. The summed E-state index contributed by atoms with van der Waals surface area (Å²) in [5.74, 6) is 0.327. The number of carbonyl (C=O) groups excluding carboxylic acids is 1. The van der Waals surface area contributed by atoms with E-state index in [1.54, 1.807) is 19.2 Å². The van der Waals surface area contributed by atoms with Crippen molar-refractivity contribution in [3.8, 4) is 22.9 Å². The first-order valence-electron chi connectivity index (χ1n) is 7.50. The van der Waals surface area contributed by atoms with Gasteiger partial charge in [0, 0.05) is 6.42 Å². The van der Waals surface area contributed by atoms with E-state index in [9.17, 15) is 4.79 Å². The van der Waals surface area contributed by atoms with Gasteiger partial charge < -0.3 is 22.3 Å². The third kappa shape index (κ3) is 5.90. The van der Waals surface area contributed by atoms with E-state index < -0.39 is 0 Å². The maximum atomic E-state index is 10.2. The summed E-state index contributed by atoms with van der Waals surface area (Å²) in [6.07, 6.45) is 0.627. The second-order valence-electron chi connectivity index (χ2n) is 5.46. The zero-order valence-electron chi connectivity index (χ0n) is 15.7. The number of hydrogen-bond acceptors (Lipinski definition) is 4. The van der Waals surface area contributed by atoms with Crippen LogP contribution in [-0.2, 0) is 11.2 Å². The third-order valence-electron chi connectivity index (χ3n) is 3.73. The molecule has 1 N–H and O–H groups in total. The average molecular weight is 340 g/mol. The van der Waals surface area contributed by atoms with Crippen LogP contribution < -0.4 is 28.9 Å². The molecular formula is C21H21LiN2O2-2. The summed E-state index contributed by atoms with van der Waals surface area (Å²) in [6.45, 7) is 7.38. The van der Waals surface area contributed by atoms with E-state index in [0.717, 1.165) is 27.8 Å². The Balaban J connectivity index is 0.00000312. The van der Waals surface area contributed by atoms with Crippen molar-refractivity contribution in [2.24, 2.45) is 0 Å². The van der Waals surface area contributed by atoms with Crippen LogP contribution in [0.5, 0.6) is 5.75 Å². The Morgan fingerprint density at radius 1 is 1.42 bits per heavy atom. The van der Waals surface area contributed by atoms with Gasteiger partial charge in [-0.05, 0) is 25.1 Å². The number of hydrogen-bond donors (Lipinski definition) is 1. The summed E-state index contributed by atoms with van der Waals surface area (Å²) < 4.78 is 4.65. The minimum atomic E-state index is -0.224. The van der Waals surface area contributed by atoms with E-state index in [-0.39, 0.29) is 32.3 Å². The van der Waals surface area contributed by atoms with Gasteiger partial charge in [-0.1, -0.05) is 35.9 Å². The van der Waals surface area contributed by atoms with Crippen LogP contribution in [0.1, 0.15) is 18.1 Å². The summed E-state index contributed by atoms with van der Waals surface area (Å²) in [5.41, 5.74) is 4.98. The molecule has 1 atom stereocenters. The molecule has 0 spiro atoms. The van der Waals surface area contributed by atoms with Gasteiger partial charge >= 0.3 is 18.9 Å². The van der Waals surface area contributed by atoms with Crippen molar-refractivity contribution in [2.75, 3.05) is 7.05 Å². The molecule has 0 aliphatic rings. The summed E-state index contributed by atoms with van der Waals surface area (Å²) in [4.78, 5) is 10.2. The molecule has 2 aromatic rings. The molecule has 0 unspecified atom stereocenters. The molecule has 2 rings (SSSR count). The van der Waals surface area contributed by atoms with Crippen molar-refractivity contribution in [2.45, 2.75) is 19.4 Å². The number of likely N-dealkylation sites (N-methyl/N-ethyl adjacent to an activating group) is 1. The van der Waals surface area contributed by atoms with E-state index in [1.807, 2.05) is 25.1 Å². The van der Waals surface area contributed by atoms with Crippen molar-refractivity contribution >= 4 is 12.0 Å². The predicted octanol–water partition coefficient (Wildman–Crippen LogP) is 0.741. The second-order valence-corrected chi connectivity index (χ2v) is 5.46. The fraction of sp³-hybridized carbons (Fsp3) is 0.190. The molecule has 130 valence electrons. The van der Waals surface area contributed by atoms with Gasteiger partial charge in [0.2, 0.25) is 0 Å². The number of allylic oxidation sites excluding steroid dienone is 1. The van der Waals surface area contributed by atoms with Crippen LogP contribution >= 0.6 is 0 Å². The Labute approximate surface area is 168 Å². The molecule has 0 saturated heterocycles. The van der Waals surface area contributed by atoms with Gasteiger partial charge in [0.05, 0.1) is 12.1 Å². The topological polar surface area (TPSA) is 62.1 Å². The zero-order chi connectivity index (χ0) is 17.5. The summed E-state index contributed by atoms with van der Waals surface area (Å²) in [7, 11) is 1.78. The summed E-state index contributed by atoms with van der Waals surface area (Å²) in [6, 6.07) is 16.3. The molecule has 4 nitrogen and oxygen atoms in total. The maximum absolute atomic E-state index is 10.2. The van der Waals surface area contributed by atoms with Gasteiger partial charge in [0.15, 0.2) is 6.47 Å². The number of benzene rings is 2. The molecule has 0 radical (unpaired) electrons. The van der Waals surface area contributed by atoms with Crippen LogP contribution in [0, 0.1) is 24.8 Å². The molecule has 5 heteroatoms. The average Bonchev–Trinajstić information content (AvgIpc) is 2.60. The minimum absolute atomic E-state index is 0. The standard InChI is InChI=1S/C20H18N2O2.CH3.Li/c1-14(2)20-11-15(10-17(12-21)22-3)4-9-19(20)16-5-7-18(8-6-16)24-13-23;;/h4-7,9,11,17,22H,1,10H2,2-3H3;1H3;/q-2;-1;+1/t17-;;/m0../s1. The van der Waals surface area contributed by atoms with E-state index >= 15 is 0 Å². The number of ether oxygens (including phenoxy) is 1. The van der Waals surface area contributed by atoms with Crippen LogP contribution in [0.3, 0.4) is 0 Å². The van der Waals surface area contributed by atoms with Crippen molar-refractivity contribution in [3.05, 3.63) is 67.6 Å². The van der Waals surface area contributed by atoms with Crippen LogP contribution in [0.15, 0.2) is 43.0 Å². The van der Waals surface area contributed by atoms with Gasteiger partial charge in [-0.25, -0.2) is 12.1 Å². The van der Waals surface area contributed by atoms with Gasteiger partial charge in [-0.2, -0.15) is 17.4 Å². The van der Waals surface area contributed by atoms with Gasteiger partial charge in [0.1, 0.15) is 0 Å². The van der Waals surface area contributed by atoms with Crippen molar-refractivity contribution in [1.82, 2.24) is 5.32 Å². The Kier molecular flexibility index (Phi) is 10.3. The van der Waals surface area contributed by atoms with E-state index in [1.165, 1.54) is 6.47 Å². The monoisotopic (exact) mass is 340 g/mol. The Hall–Kier alpha value is -2.30. The molecule has 0 amide bonds. The van der Waals surface area contributed by atoms with Crippen LogP contribution in [0.4, 0.5) is 0 Å². The Morgan fingerprint density at radius 3 is 2.65 bits per heavy atom. The number of nitriles is 1. The third-order valence-corrected chi connectivity index (χ3v) is 3.73. The van der Waals surface area contributed by atoms with Gasteiger partial charge in [-0.15, -0.1) is 11.3 Å². The zero-order valence-corrected chi connectivity index (χ0v) is 15.7. The van der Waals surface area contributed by atoms with Crippen LogP contribution in [0.2, 0.25) is 0 Å². The molecule has 2 aromatic carbocycles. The first-order chi connectivity index (χ1) is 11.6. The number of nitrogens with zero attached hydrogens (tertiary/aromatic N) is 1. The van der Waals surface area contributed by atoms with Crippen LogP contribution in [0.25, 0.3) is 16.7 Å².